The molecule has 6 heteroatoms. The van der Waals surface area contributed by atoms with Crippen LogP contribution in [0.1, 0.15) is 49.4 Å². The van der Waals surface area contributed by atoms with Crippen molar-refractivity contribution >= 4 is 23.5 Å². The molecule has 1 aromatic rings. The van der Waals surface area contributed by atoms with Crippen LogP contribution in [-0.4, -0.2) is 24.5 Å². The first-order valence-electron chi connectivity index (χ1n) is 7.91. The number of esters is 1. The zero-order chi connectivity index (χ0) is 16.8. The Morgan fingerprint density at radius 1 is 1.35 bits per heavy atom. The highest BCUT2D eigenvalue weighted by Gasteiger charge is 2.22. The first-order valence-corrected chi connectivity index (χ1v) is 8.29. The Bertz CT molecular complexity index is 573. The largest absolute Gasteiger partial charge is 0.449 e. The van der Waals surface area contributed by atoms with Crippen molar-refractivity contribution in [2.75, 3.05) is 6.54 Å². The van der Waals surface area contributed by atoms with Crippen molar-refractivity contribution in [1.29, 1.82) is 0 Å². The first-order chi connectivity index (χ1) is 11.0. The van der Waals surface area contributed by atoms with E-state index >= 15 is 0 Å². The summed E-state index contributed by atoms with van der Waals surface area (Å²) in [5.41, 5.74) is -0.274. The molecule has 1 aliphatic rings. The second kappa shape index (κ2) is 8.29. The predicted molar refractivity (Wildman–Crippen MR) is 85.9 cm³/mol. The van der Waals surface area contributed by atoms with Gasteiger partial charge >= 0.3 is 5.97 Å². The highest BCUT2D eigenvalue weighted by molar-refractivity contribution is 6.30. The van der Waals surface area contributed by atoms with E-state index in [9.17, 15) is 14.0 Å². The lowest BCUT2D eigenvalue weighted by Gasteiger charge is -2.22. The summed E-state index contributed by atoms with van der Waals surface area (Å²) in [6.07, 6.45) is 4.89. The van der Waals surface area contributed by atoms with Gasteiger partial charge in [0, 0.05) is 11.6 Å². The normalized spacial score (nSPS) is 16.7. The molecule has 1 fully saturated rings. The number of hydrogen-bond donors (Lipinski definition) is 1. The molecule has 23 heavy (non-hydrogen) atoms. The number of benzene rings is 1. The topological polar surface area (TPSA) is 55.4 Å². The van der Waals surface area contributed by atoms with Gasteiger partial charge in [-0.15, -0.1) is 0 Å². The standard InChI is InChI=1S/C17H21ClFNO3/c1-11(16(21)20-10-12-5-3-2-4-6-12)23-17(22)14-9-13(18)7-8-15(14)19/h7-9,11-12H,2-6,10H2,1H3,(H,20,21). The van der Waals surface area contributed by atoms with Crippen molar-refractivity contribution in [3.8, 4) is 0 Å². The van der Waals surface area contributed by atoms with Crippen LogP contribution in [0.5, 0.6) is 0 Å². The highest BCUT2D eigenvalue weighted by Crippen LogP contribution is 2.22. The molecule has 1 atom stereocenters. The van der Waals surface area contributed by atoms with Crippen LogP contribution < -0.4 is 5.32 Å². The number of halogens is 2. The van der Waals surface area contributed by atoms with E-state index in [2.05, 4.69) is 5.32 Å². The SMILES string of the molecule is CC(OC(=O)c1cc(Cl)ccc1F)C(=O)NCC1CCCCC1. The van der Waals surface area contributed by atoms with Gasteiger partial charge in [0.2, 0.25) is 0 Å². The van der Waals surface area contributed by atoms with Gasteiger partial charge in [-0.05, 0) is 43.9 Å². The lowest BCUT2D eigenvalue weighted by atomic mass is 9.89. The monoisotopic (exact) mass is 341 g/mol. The summed E-state index contributed by atoms with van der Waals surface area (Å²) in [6, 6.07) is 3.62. The maximum Gasteiger partial charge on any atom is 0.341 e. The van der Waals surface area contributed by atoms with Crippen LogP contribution >= 0.6 is 11.6 Å². The zero-order valence-corrected chi connectivity index (χ0v) is 13.9. The number of nitrogens with one attached hydrogen (secondary N) is 1. The van der Waals surface area contributed by atoms with Crippen molar-refractivity contribution in [3.05, 3.63) is 34.6 Å². The van der Waals surface area contributed by atoms with E-state index in [0.29, 0.717) is 12.5 Å². The quantitative estimate of drug-likeness (QED) is 0.830. The number of amides is 1. The van der Waals surface area contributed by atoms with Gasteiger partial charge in [0.25, 0.3) is 5.91 Å². The molecule has 0 radical (unpaired) electrons. The number of carbonyl (C=O) groups is 2. The minimum Gasteiger partial charge on any atom is -0.449 e. The Morgan fingerprint density at radius 2 is 2.04 bits per heavy atom. The summed E-state index contributed by atoms with van der Waals surface area (Å²) in [7, 11) is 0. The Balaban J connectivity index is 1.84. The molecule has 0 aliphatic heterocycles. The molecule has 0 spiro atoms. The predicted octanol–water partition coefficient (Wildman–Crippen LogP) is 3.72. The summed E-state index contributed by atoms with van der Waals surface area (Å²) in [4.78, 5) is 23.9. The molecule has 1 aromatic carbocycles. The maximum atomic E-state index is 13.6. The van der Waals surface area contributed by atoms with Crippen LogP contribution in [0.2, 0.25) is 5.02 Å². The van der Waals surface area contributed by atoms with Gasteiger partial charge in [-0.25, -0.2) is 9.18 Å². The van der Waals surface area contributed by atoms with Crippen LogP contribution in [0.4, 0.5) is 4.39 Å². The van der Waals surface area contributed by atoms with Crippen LogP contribution in [0.3, 0.4) is 0 Å². The van der Waals surface area contributed by atoms with Gasteiger partial charge in [0.15, 0.2) is 6.10 Å². The van der Waals surface area contributed by atoms with E-state index in [4.69, 9.17) is 16.3 Å². The minimum absolute atomic E-state index is 0.229. The van der Waals surface area contributed by atoms with Crippen molar-refractivity contribution < 1.29 is 18.7 Å². The Hall–Kier alpha value is -1.62. The van der Waals surface area contributed by atoms with Crippen LogP contribution in [0.25, 0.3) is 0 Å². The Kier molecular flexibility index (Phi) is 6.39. The summed E-state index contributed by atoms with van der Waals surface area (Å²) >= 11 is 5.74. The number of hydrogen-bond acceptors (Lipinski definition) is 3. The minimum atomic E-state index is -0.982. The van der Waals surface area contributed by atoms with Crippen LogP contribution in [0, 0.1) is 11.7 Å². The first kappa shape index (κ1) is 17.7. The van der Waals surface area contributed by atoms with E-state index in [1.54, 1.807) is 0 Å². The summed E-state index contributed by atoms with van der Waals surface area (Å²) in [6.45, 7) is 2.06. The van der Waals surface area contributed by atoms with Gasteiger partial charge in [-0.2, -0.15) is 0 Å². The molecule has 0 aromatic heterocycles. The third kappa shape index (κ3) is 5.20. The van der Waals surface area contributed by atoms with Gasteiger partial charge < -0.3 is 10.1 Å². The Morgan fingerprint density at radius 3 is 2.74 bits per heavy atom. The molecule has 1 unspecified atom stereocenters. The van der Waals surface area contributed by atoms with Gasteiger partial charge in [-0.1, -0.05) is 30.9 Å². The fraction of sp³-hybridized carbons (Fsp3) is 0.529. The van der Waals surface area contributed by atoms with E-state index in [-0.39, 0.29) is 16.5 Å². The lowest BCUT2D eigenvalue weighted by Crippen LogP contribution is -2.38. The molecule has 0 bridgehead atoms. The molecule has 2 rings (SSSR count). The molecule has 1 amide bonds. The smallest absolute Gasteiger partial charge is 0.341 e. The average molecular weight is 342 g/mol. The molecule has 126 valence electrons. The van der Waals surface area contributed by atoms with Gasteiger partial charge in [-0.3, -0.25) is 4.79 Å². The third-order valence-electron chi connectivity index (χ3n) is 4.09. The molecular weight excluding hydrogens is 321 g/mol. The number of carbonyl (C=O) groups excluding carboxylic acids is 2. The van der Waals surface area contributed by atoms with E-state index < -0.39 is 17.9 Å². The fourth-order valence-electron chi connectivity index (χ4n) is 2.71. The summed E-state index contributed by atoms with van der Waals surface area (Å²) in [5, 5.41) is 3.03. The van der Waals surface area contributed by atoms with Crippen LogP contribution in [-0.2, 0) is 9.53 Å². The van der Waals surface area contributed by atoms with Gasteiger partial charge in [0.1, 0.15) is 5.82 Å². The fourth-order valence-corrected chi connectivity index (χ4v) is 2.88. The lowest BCUT2D eigenvalue weighted by molar-refractivity contribution is -0.129. The molecule has 0 saturated heterocycles. The maximum absolute atomic E-state index is 13.6. The van der Waals surface area contributed by atoms with E-state index in [1.807, 2.05) is 0 Å². The summed E-state index contributed by atoms with van der Waals surface area (Å²) in [5.74, 6) is -1.51. The Labute approximate surface area is 140 Å². The molecule has 0 heterocycles. The molecule has 4 nitrogen and oxygen atoms in total. The molecule has 1 N–H and O–H groups in total. The highest BCUT2D eigenvalue weighted by atomic mass is 35.5. The van der Waals surface area contributed by atoms with Crippen molar-refractivity contribution in [2.24, 2.45) is 5.92 Å². The second-order valence-corrected chi connectivity index (χ2v) is 6.36. The second-order valence-electron chi connectivity index (χ2n) is 5.92. The summed E-state index contributed by atoms with van der Waals surface area (Å²) < 4.78 is 18.6. The van der Waals surface area contributed by atoms with Crippen molar-refractivity contribution in [2.45, 2.75) is 45.1 Å². The van der Waals surface area contributed by atoms with Gasteiger partial charge in [0.05, 0.1) is 5.56 Å². The van der Waals surface area contributed by atoms with Crippen molar-refractivity contribution in [1.82, 2.24) is 5.32 Å². The third-order valence-corrected chi connectivity index (χ3v) is 4.33. The number of rotatable bonds is 5. The number of ether oxygens (including phenoxy) is 1. The molecule has 1 aliphatic carbocycles. The van der Waals surface area contributed by atoms with E-state index in [1.165, 1.54) is 38.3 Å². The average Bonchev–Trinajstić information content (AvgIpc) is 2.55. The van der Waals surface area contributed by atoms with Crippen LogP contribution in [0.15, 0.2) is 18.2 Å². The molecule has 1 saturated carbocycles. The zero-order valence-electron chi connectivity index (χ0n) is 13.1. The van der Waals surface area contributed by atoms with Crippen molar-refractivity contribution in [3.63, 3.8) is 0 Å². The van der Waals surface area contributed by atoms with E-state index in [0.717, 1.165) is 18.9 Å². The molecular formula is C17H21ClFNO3.